The van der Waals surface area contributed by atoms with E-state index in [9.17, 15) is 14.4 Å². The predicted molar refractivity (Wildman–Crippen MR) is 129 cm³/mol. The van der Waals surface area contributed by atoms with Crippen molar-refractivity contribution in [2.24, 2.45) is 5.92 Å². The molecule has 1 atom stereocenters. The number of carbonyl (C=O) groups excluding carboxylic acids is 3. The highest BCUT2D eigenvalue weighted by Gasteiger charge is 2.37. The molecule has 1 N–H and O–H groups in total. The van der Waals surface area contributed by atoms with E-state index in [1.165, 1.54) is 4.90 Å². The average Bonchev–Trinajstić information content (AvgIpc) is 2.81. The number of amides is 2. The molecule has 3 rings (SSSR count). The first-order chi connectivity index (χ1) is 16.3. The van der Waals surface area contributed by atoms with Crippen LogP contribution < -0.4 is 10.1 Å². The zero-order valence-corrected chi connectivity index (χ0v) is 20.2. The molecule has 0 fully saturated rings. The topological polar surface area (TPSA) is 84.9 Å². The molecule has 1 heterocycles. The van der Waals surface area contributed by atoms with E-state index in [4.69, 9.17) is 9.47 Å². The zero-order chi connectivity index (χ0) is 24.7. The summed E-state index contributed by atoms with van der Waals surface area (Å²) in [6.07, 6.45) is 0.0533. The normalized spacial score (nSPS) is 16.0. The maximum Gasteiger partial charge on any atom is 0.336 e. The smallest absolute Gasteiger partial charge is 0.336 e. The fourth-order valence-corrected chi connectivity index (χ4v) is 3.90. The lowest BCUT2D eigenvalue weighted by molar-refractivity contribution is -0.141. The van der Waals surface area contributed by atoms with Crippen LogP contribution in [0.3, 0.4) is 0 Å². The van der Waals surface area contributed by atoms with Crippen LogP contribution in [0.4, 0.5) is 0 Å². The number of ether oxygens (including phenoxy) is 2. The van der Waals surface area contributed by atoms with Crippen LogP contribution in [-0.2, 0) is 19.1 Å². The Bertz CT molecular complexity index is 1060. The van der Waals surface area contributed by atoms with E-state index in [0.29, 0.717) is 35.2 Å². The minimum Gasteiger partial charge on any atom is -0.463 e. The second kappa shape index (κ2) is 11.5. The summed E-state index contributed by atoms with van der Waals surface area (Å²) in [5, 5.41) is 2.83. The van der Waals surface area contributed by atoms with Crippen molar-refractivity contribution >= 4 is 17.8 Å². The number of hydrogen-bond acceptors (Lipinski definition) is 5. The van der Waals surface area contributed by atoms with Crippen molar-refractivity contribution < 1.29 is 23.9 Å². The summed E-state index contributed by atoms with van der Waals surface area (Å²) in [6, 6.07) is 16.8. The van der Waals surface area contributed by atoms with Gasteiger partial charge in [0.05, 0.1) is 12.2 Å². The maximum absolute atomic E-state index is 13.1. The monoisotopic (exact) mass is 464 g/mol. The van der Waals surface area contributed by atoms with E-state index < -0.39 is 11.9 Å². The highest BCUT2D eigenvalue weighted by molar-refractivity contribution is 5.97. The third-order valence-electron chi connectivity index (χ3n) is 5.57. The number of rotatable bonds is 9. The number of hydrogen-bond donors (Lipinski definition) is 1. The van der Waals surface area contributed by atoms with Gasteiger partial charge in [0, 0.05) is 24.6 Å². The molecule has 0 bridgehead atoms. The van der Waals surface area contributed by atoms with Crippen molar-refractivity contribution in [3.63, 3.8) is 0 Å². The molecule has 2 aromatic carbocycles. The Morgan fingerprint density at radius 2 is 1.79 bits per heavy atom. The first-order valence-electron chi connectivity index (χ1n) is 11.6. The highest BCUT2D eigenvalue weighted by Crippen LogP contribution is 2.38. The maximum atomic E-state index is 13.1. The highest BCUT2D eigenvalue weighted by atomic mass is 16.5. The summed E-state index contributed by atoms with van der Waals surface area (Å²) in [5.74, 6) is 0.122. The summed E-state index contributed by atoms with van der Waals surface area (Å²) in [5.41, 5.74) is 1.59. The van der Waals surface area contributed by atoms with Crippen LogP contribution in [0.25, 0.3) is 0 Å². The number of para-hydroxylation sites is 1. The molecule has 0 saturated heterocycles. The van der Waals surface area contributed by atoms with Gasteiger partial charge in [0.1, 0.15) is 18.0 Å². The molecule has 1 aliphatic heterocycles. The largest absolute Gasteiger partial charge is 0.463 e. The van der Waals surface area contributed by atoms with Crippen LogP contribution in [-0.4, -0.2) is 42.4 Å². The van der Waals surface area contributed by atoms with Crippen LogP contribution in [0.1, 0.15) is 45.6 Å². The quantitative estimate of drug-likeness (QED) is 0.556. The molecule has 2 amide bonds. The van der Waals surface area contributed by atoms with Gasteiger partial charge in [-0.05, 0) is 49.6 Å². The molecule has 0 aliphatic carbocycles. The van der Waals surface area contributed by atoms with Crippen molar-refractivity contribution in [3.05, 3.63) is 71.4 Å². The lowest BCUT2D eigenvalue weighted by atomic mass is 9.83. The number of esters is 1. The Kier molecular flexibility index (Phi) is 8.46. The number of nitrogens with zero attached hydrogens (tertiary/aromatic N) is 1. The van der Waals surface area contributed by atoms with Gasteiger partial charge >= 0.3 is 5.97 Å². The Balaban J connectivity index is 1.92. The van der Waals surface area contributed by atoms with Crippen molar-refractivity contribution in [3.8, 4) is 11.5 Å². The molecule has 7 heteroatoms. The Hall–Kier alpha value is -3.61. The first-order valence-corrected chi connectivity index (χ1v) is 11.6. The zero-order valence-electron chi connectivity index (χ0n) is 20.2. The van der Waals surface area contributed by atoms with E-state index in [-0.39, 0.29) is 31.4 Å². The van der Waals surface area contributed by atoms with Crippen molar-refractivity contribution in [1.82, 2.24) is 10.2 Å². The van der Waals surface area contributed by atoms with E-state index in [1.807, 2.05) is 68.4 Å². The molecule has 1 unspecified atom stereocenters. The second-order valence-electron chi connectivity index (χ2n) is 8.64. The fraction of sp³-hybridized carbons (Fsp3) is 0.370. The molecular weight excluding hydrogens is 432 g/mol. The predicted octanol–water partition coefficient (Wildman–Crippen LogP) is 4.40. The first kappa shape index (κ1) is 25.0. The van der Waals surface area contributed by atoms with Gasteiger partial charge in [-0.15, -0.1) is 0 Å². The summed E-state index contributed by atoms with van der Waals surface area (Å²) in [4.78, 5) is 39.9. The molecule has 7 nitrogen and oxygen atoms in total. The Morgan fingerprint density at radius 3 is 2.47 bits per heavy atom. The Labute approximate surface area is 200 Å². The molecule has 0 saturated carbocycles. The van der Waals surface area contributed by atoms with Crippen LogP contribution in [0.5, 0.6) is 11.5 Å². The summed E-state index contributed by atoms with van der Waals surface area (Å²) in [6.45, 7) is 8.02. The van der Waals surface area contributed by atoms with Crippen molar-refractivity contribution in [2.75, 3.05) is 19.7 Å². The minimum absolute atomic E-state index is 0.0533. The molecule has 0 aromatic heterocycles. The number of benzene rings is 2. The lowest BCUT2D eigenvalue weighted by Gasteiger charge is -2.34. The van der Waals surface area contributed by atoms with Crippen molar-refractivity contribution in [2.45, 2.75) is 40.0 Å². The van der Waals surface area contributed by atoms with Crippen LogP contribution in [0, 0.1) is 5.92 Å². The SMILES string of the molecule is CCOC(=O)C1=C(C)N(CC(=O)NCC(C)C)C(=O)CC1c1cccc(Oc2ccccc2)c1. The Morgan fingerprint density at radius 1 is 1.09 bits per heavy atom. The molecule has 34 heavy (non-hydrogen) atoms. The van der Waals surface area contributed by atoms with Gasteiger partial charge in [-0.3, -0.25) is 9.59 Å². The van der Waals surface area contributed by atoms with Gasteiger partial charge in [-0.2, -0.15) is 0 Å². The van der Waals surface area contributed by atoms with Crippen LogP contribution in [0.2, 0.25) is 0 Å². The molecule has 0 spiro atoms. The van der Waals surface area contributed by atoms with Crippen LogP contribution in [0.15, 0.2) is 65.9 Å². The molecule has 2 aromatic rings. The van der Waals surface area contributed by atoms with E-state index in [1.54, 1.807) is 13.8 Å². The number of nitrogens with one attached hydrogen (secondary N) is 1. The molecule has 180 valence electrons. The average molecular weight is 465 g/mol. The van der Waals surface area contributed by atoms with Gasteiger partial charge in [0.15, 0.2) is 0 Å². The standard InChI is InChI=1S/C27H32N2O5/c1-5-33-27(32)26-19(4)29(17-24(30)28-16-18(2)3)25(31)15-23(26)20-10-9-13-22(14-20)34-21-11-7-6-8-12-21/h6-14,18,23H,5,15-17H2,1-4H3,(H,28,30). The fourth-order valence-electron chi connectivity index (χ4n) is 3.90. The molecular formula is C27H32N2O5. The second-order valence-corrected chi connectivity index (χ2v) is 8.64. The van der Waals surface area contributed by atoms with Crippen LogP contribution >= 0.6 is 0 Å². The van der Waals surface area contributed by atoms with Gasteiger partial charge in [0.25, 0.3) is 0 Å². The summed E-state index contributed by atoms with van der Waals surface area (Å²) in [7, 11) is 0. The number of allylic oxidation sites excluding steroid dienone is 1. The van der Waals surface area contributed by atoms with Gasteiger partial charge in [-0.25, -0.2) is 4.79 Å². The lowest BCUT2D eigenvalue weighted by Crippen LogP contribution is -2.44. The summed E-state index contributed by atoms with van der Waals surface area (Å²) >= 11 is 0. The van der Waals surface area contributed by atoms with Crippen molar-refractivity contribution in [1.29, 1.82) is 0 Å². The third kappa shape index (κ3) is 6.25. The third-order valence-corrected chi connectivity index (χ3v) is 5.57. The number of carbonyl (C=O) groups is 3. The molecule has 1 aliphatic rings. The van der Waals surface area contributed by atoms with E-state index in [0.717, 1.165) is 5.56 Å². The summed E-state index contributed by atoms with van der Waals surface area (Å²) < 4.78 is 11.3. The molecule has 0 radical (unpaired) electrons. The van der Waals surface area contributed by atoms with E-state index >= 15 is 0 Å². The van der Waals surface area contributed by atoms with Gasteiger partial charge in [-0.1, -0.05) is 44.2 Å². The van der Waals surface area contributed by atoms with E-state index in [2.05, 4.69) is 5.32 Å². The van der Waals surface area contributed by atoms with Gasteiger partial charge in [0.2, 0.25) is 11.8 Å². The minimum atomic E-state index is -0.499. The van der Waals surface area contributed by atoms with Gasteiger partial charge < -0.3 is 19.7 Å².